The number of esters is 4. The SMILES string of the molecule is CC(=O)CCCCOC1OC(COC(C)=O)C(OC(C)=O)C(OC(C)=O)C1OC(C)=O. The van der Waals surface area contributed by atoms with E-state index in [1.165, 1.54) is 13.8 Å². The van der Waals surface area contributed by atoms with E-state index in [2.05, 4.69) is 0 Å². The average Bonchev–Trinajstić information content (AvgIpc) is 2.62. The van der Waals surface area contributed by atoms with Gasteiger partial charge in [-0.1, -0.05) is 0 Å². The molecule has 11 nitrogen and oxygen atoms in total. The standard InChI is InChI=1S/C20H30O11/c1-11(21)8-6-7-9-26-20-19(30-15(5)25)18(29-14(4)24)17(28-13(3)23)16(31-20)10-27-12(2)22/h16-20H,6-10H2,1-5H3. The molecular weight excluding hydrogens is 416 g/mol. The smallest absolute Gasteiger partial charge is 0.303 e. The molecule has 1 aliphatic heterocycles. The molecule has 0 aliphatic carbocycles. The number of carbonyl (C=O) groups is 5. The molecule has 1 aliphatic rings. The van der Waals surface area contributed by atoms with Crippen LogP contribution in [-0.2, 0) is 52.4 Å². The third-order valence-corrected chi connectivity index (χ3v) is 4.15. The van der Waals surface area contributed by atoms with Gasteiger partial charge in [0, 0.05) is 40.7 Å². The van der Waals surface area contributed by atoms with Crippen LogP contribution in [0.3, 0.4) is 0 Å². The maximum atomic E-state index is 11.7. The van der Waals surface area contributed by atoms with Crippen molar-refractivity contribution in [1.82, 2.24) is 0 Å². The minimum absolute atomic E-state index is 0.0484. The molecule has 176 valence electrons. The van der Waals surface area contributed by atoms with Crippen molar-refractivity contribution in [1.29, 1.82) is 0 Å². The molecule has 1 heterocycles. The molecule has 5 atom stereocenters. The first-order valence-corrected chi connectivity index (χ1v) is 9.92. The molecule has 0 spiro atoms. The summed E-state index contributed by atoms with van der Waals surface area (Å²) in [6.07, 6.45) is -4.48. The van der Waals surface area contributed by atoms with Crippen LogP contribution in [0.15, 0.2) is 0 Å². The summed E-state index contributed by atoms with van der Waals surface area (Å²) in [5.74, 6) is -2.67. The first-order chi connectivity index (χ1) is 14.5. The minimum Gasteiger partial charge on any atom is -0.463 e. The molecule has 0 radical (unpaired) electrons. The Bertz CT molecular complexity index is 660. The monoisotopic (exact) mass is 446 g/mol. The van der Waals surface area contributed by atoms with Crippen LogP contribution in [0.1, 0.15) is 53.9 Å². The Balaban J connectivity index is 3.11. The molecule has 0 saturated carbocycles. The number of rotatable bonds is 11. The van der Waals surface area contributed by atoms with Crippen LogP contribution in [0, 0.1) is 0 Å². The third kappa shape index (κ3) is 9.88. The van der Waals surface area contributed by atoms with E-state index in [9.17, 15) is 24.0 Å². The predicted octanol–water partition coefficient (Wildman–Crippen LogP) is 0.845. The van der Waals surface area contributed by atoms with Crippen LogP contribution in [0.25, 0.3) is 0 Å². The largest absolute Gasteiger partial charge is 0.463 e. The van der Waals surface area contributed by atoms with E-state index in [0.29, 0.717) is 19.3 Å². The van der Waals surface area contributed by atoms with Crippen LogP contribution in [0.2, 0.25) is 0 Å². The lowest BCUT2D eigenvalue weighted by Crippen LogP contribution is -2.63. The van der Waals surface area contributed by atoms with Crippen LogP contribution in [-0.4, -0.2) is 73.6 Å². The van der Waals surface area contributed by atoms with Crippen molar-refractivity contribution < 1.29 is 52.4 Å². The highest BCUT2D eigenvalue weighted by molar-refractivity contribution is 5.75. The summed E-state index contributed by atoms with van der Waals surface area (Å²) in [7, 11) is 0. The Morgan fingerprint density at radius 3 is 1.77 bits per heavy atom. The zero-order valence-electron chi connectivity index (χ0n) is 18.4. The molecule has 11 heteroatoms. The summed E-state index contributed by atoms with van der Waals surface area (Å²) in [5, 5.41) is 0. The van der Waals surface area contributed by atoms with E-state index in [0.717, 1.165) is 20.8 Å². The fourth-order valence-corrected chi connectivity index (χ4v) is 3.00. The summed E-state index contributed by atoms with van der Waals surface area (Å²) >= 11 is 0. The van der Waals surface area contributed by atoms with Crippen molar-refractivity contribution in [3.63, 3.8) is 0 Å². The van der Waals surface area contributed by atoms with Crippen molar-refractivity contribution in [3.8, 4) is 0 Å². The molecule has 0 amide bonds. The van der Waals surface area contributed by atoms with E-state index in [1.54, 1.807) is 0 Å². The van der Waals surface area contributed by atoms with Gasteiger partial charge in [-0.3, -0.25) is 19.2 Å². The number of hydrogen-bond donors (Lipinski definition) is 0. The highest BCUT2D eigenvalue weighted by Crippen LogP contribution is 2.30. The van der Waals surface area contributed by atoms with E-state index in [4.69, 9.17) is 28.4 Å². The van der Waals surface area contributed by atoms with E-state index in [-0.39, 0.29) is 19.0 Å². The molecule has 1 saturated heterocycles. The Kier molecular flexibility index (Phi) is 11.1. The van der Waals surface area contributed by atoms with Crippen LogP contribution < -0.4 is 0 Å². The second kappa shape index (κ2) is 13.0. The normalized spacial score (nSPS) is 25.3. The lowest BCUT2D eigenvalue weighted by molar-refractivity contribution is -0.308. The van der Waals surface area contributed by atoms with Gasteiger partial charge in [-0.15, -0.1) is 0 Å². The van der Waals surface area contributed by atoms with Gasteiger partial charge in [0.2, 0.25) is 0 Å². The molecule has 0 bridgehead atoms. The highest BCUT2D eigenvalue weighted by atomic mass is 16.7. The van der Waals surface area contributed by atoms with Gasteiger partial charge < -0.3 is 33.2 Å². The summed E-state index contributed by atoms with van der Waals surface area (Å²) in [5.41, 5.74) is 0. The summed E-state index contributed by atoms with van der Waals surface area (Å²) in [6, 6.07) is 0. The topological polar surface area (TPSA) is 141 Å². The van der Waals surface area contributed by atoms with Crippen molar-refractivity contribution in [2.75, 3.05) is 13.2 Å². The van der Waals surface area contributed by atoms with Gasteiger partial charge in [0.25, 0.3) is 0 Å². The lowest BCUT2D eigenvalue weighted by Gasteiger charge is -2.44. The van der Waals surface area contributed by atoms with Gasteiger partial charge in [0.05, 0.1) is 0 Å². The number of Topliss-reactive ketones (excluding diaryl/α,β-unsaturated/α-hetero) is 1. The second-order valence-corrected chi connectivity index (χ2v) is 7.10. The quantitative estimate of drug-likeness (QED) is 0.253. The van der Waals surface area contributed by atoms with E-state index in [1.807, 2.05) is 0 Å². The first kappa shape index (κ1) is 26.5. The minimum atomic E-state index is -1.26. The molecule has 1 fully saturated rings. The maximum Gasteiger partial charge on any atom is 0.303 e. The number of unbranched alkanes of at least 4 members (excludes halogenated alkanes) is 1. The third-order valence-electron chi connectivity index (χ3n) is 4.15. The highest BCUT2D eigenvalue weighted by Gasteiger charge is 2.52. The van der Waals surface area contributed by atoms with Crippen LogP contribution in [0.5, 0.6) is 0 Å². The summed E-state index contributed by atoms with van der Waals surface area (Å²) in [4.78, 5) is 57.4. The Labute approximate surface area is 180 Å². The molecule has 0 aromatic carbocycles. The zero-order valence-corrected chi connectivity index (χ0v) is 18.4. The second-order valence-electron chi connectivity index (χ2n) is 7.10. The predicted molar refractivity (Wildman–Crippen MR) is 102 cm³/mol. The molecule has 1 rings (SSSR count). The molecule has 31 heavy (non-hydrogen) atoms. The lowest BCUT2D eigenvalue weighted by atomic mass is 9.98. The number of ether oxygens (including phenoxy) is 6. The van der Waals surface area contributed by atoms with Gasteiger partial charge in [0.1, 0.15) is 18.5 Å². The van der Waals surface area contributed by atoms with Crippen molar-refractivity contribution in [2.45, 2.75) is 84.6 Å². The van der Waals surface area contributed by atoms with Gasteiger partial charge in [-0.2, -0.15) is 0 Å². The Hall–Kier alpha value is -2.53. The van der Waals surface area contributed by atoms with Gasteiger partial charge in [0.15, 0.2) is 24.6 Å². The van der Waals surface area contributed by atoms with Crippen molar-refractivity contribution >= 4 is 29.7 Å². The molecular formula is C20H30O11. The molecule has 5 unspecified atom stereocenters. The Morgan fingerprint density at radius 1 is 0.710 bits per heavy atom. The number of ketones is 1. The average molecular weight is 446 g/mol. The number of carbonyl (C=O) groups excluding carboxylic acids is 5. The van der Waals surface area contributed by atoms with Crippen molar-refractivity contribution in [2.24, 2.45) is 0 Å². The summed E-state index contributed by atoms with van der Waals surface area (Å²) < 4.78 is 32.3. The summed E-state index contributed by atoms with van der Waals surface area (Å²) in [6.45, 7) is 5.96. The van der Waals surface area contributed by atoms with Crippen LogP contribution >= 0.6 is 0 Å². The van der Waals surface area contributed by atoms with Gasteiger partial charge in [-0.25, -0.2) is 0 Å². The fourth-order valence-electron chi connectivity index (χ4n) is 3.00. The number of hydrogen-bond acceptors (Lipinski definition) is 11. The van der Waals surface area contributed by atoms with Crippen molar-refractivity contribution in [3.05, 3.63) is 0 Å². The van der Waals surface area contributed by atoms with E-state index < -0.39 is 54.6 Å². The zero-order chi connectivity index (χ0) is 23.6. The molecule has 0 aromatic rings. The Morgan fingerprint density at radius 2 is 1.26 bits per heavy atom. The van der Waals surface area contributed by atoms with Gasteiger partial charge in [-0.05, 0) is 19.8 Å². The van der Waals surface area contributed by atoms with Gasteiger partial charge >= 0.3 is 23.9 Å². The van der Waals surface area contributed by atoms with Crippen LogP contribution in [0.4, 0.5) is 0 Å². The van der Waals surface area contributed by atoms with E-state index >= 15 is 0 Å². The molecule has 0 N–H and O–H groups in total. The first-order valence-electron chi connectivity index (χ1n) is 9.92. The fraction of sp³-hybridized carbons (Fsp3) is 0.750. The maximum absolute atomic E-state index is 11.7. The molecule has 0 aromatic heterocycles.